The van der Waals surface area contributed by atoms with Crippen LogP contribution in [-0.4, -0.2) is 21.5 Å². The first kappa shape index (κ1) is 15.3. The van der Waals surface area contributed by atoms with Crippen molar-refractivity contribution >= 4 is 38.7 Å². The van der Waals surface area contributed by atoms with Gasteiger partial charge in [0.05, 0.1) is 17.7 Å². The minimum absolute atomic E-state index is 0.0196. The van der Waals surface area contributed by atoms with E-state index in [9.17, 15) is 17.6 Å². The van der Waals surface area contributed by atoms with E-state index in [0.29, 0.717) is 0 Å². The van der Waals surface area contributed by atoms with Gasteiger partial charge in [0, 0.05) is 5.69 Å². The summed E-state index contributed by atoms with van der Waals surface area (Å²) in [6.07, 6.45) is 0. The Bertz CT molecular complexity index is 766. The molecule has 1 heterocycles. The van der Waals surface area contributed by atoms with E-state index in [2.05, 4.69) is 9.46 Å². The summed E-state index contributed by atoms with van der Waals surface area (Å²) in [6.45, 7) is 0. The molecule has 9 heteroatoms. The highest BCUT2D eigenvalue weighted by molar-refractivity contribution is 7.92. The van der Waals surface area contributed by atoms with Crippen molar-refractivity contribution in [2.24, 2.45) is 0 Å². The van der Waals surface area contributed by atoms with E-state index < -0.39 is 21.8 Å². The summed E-state index contributed by atoms with van der Waals surface area (Å²) in [5.41, 5.74) is 5.47. The van der Waals surface area contributed by atoms with Gasteiger partial charge in [-0.2, -0.15) is 0 Å². The Balaban J connectivity index is 2.38. The predicted octanol–water partition coefficient (Wildman–Crippen LogP) is 2.06. The van der Waals surface area contributed by atoms with E-state index in [1.165, 1.54) is 18.6 Å². The van der Waals surface area contributed by atoms with Gasteiger partial charge in [-0.25, -0.2) is 17.6 Å². The van der Waals surface area contributed by atoms with Crippen LogP contribution in [-0.2, 0) is 14.8 Å². The smallest absolute Gasteiger partial charge is 0.350 e. The molecule has 0 aliphatic carbocycles. The van der Waals surface area contributed by atoms with E-state index in [4.69, 9.17) is 5.73 Å². The highest BCUT2D eigenvalue weighted by Crippen LogP contribution is 2.26. The van der Waals surface area contributed by atoms with Crippen molar-refractivity contribution in [3.8, 4) is 0 Å². The van der Waals surface area contributed by atoms with E-state index in [1.807, 2.05) is 0 Å². The normalized spacial score (nSPS) is 11.1. The third-order valence-electron chi connectivity index (χ3n) is 2.48. The number of hydrogen-bond acceptors (Lipinski definition) is 6. The summed E-state index contributed by atoms with van der Waals surface area (Å²) >= 11 is 1.02. The van der Waals surface area contributed by atoms with Gasteiger partial charge in [-0.3, -0.25) is 4.72 Å². The number of halogens is 1. The van der Waals surface area contributed by atoms with Gasteiger partial charge in [0.25, 0.3) is 10.0 Å². The van der Waals surface area contributed by atoms with Crippen molar-refractivity contribution in [2.45, 2.75) is 4.90 Å². The van der Waals surface area contributed by atoms with E-state index >= 15 is 0 Å². The molecule has 2 aromatic rings. The number of nitrogen functional groups attached to an aromatic ring is 1. The zero-order chi connectivity index (χ0) is 15.6. The lowest BCUT2D eigenvalue weighted by Crippen LogP contribution is -2.15. The summed E-state index contributed by atoms with van der Waals surface area (Å²) in [5.74, 6) is -1.43. The zero-order valence-corrected chi connectivity index (χ0v) is 12.4. The molecule has 2 rings (SSSR count). The van der Waals surface area contributed by atoms with Crippen molar-refractivity contribution in [3.63, 3.8) is 0 Å². The van der Waals surface area contributed by atoms with Crippen LogP contribution in [0.4, 0.5) is 15.8 Å². The van der Waals surface area contributed by atoms with Crippen LogP contribution in [0, 0.1) is 5.82 Å². The third kappa shape index (κ3) is 3.31. The molecule has 0 spiro atoms. The van der Waals surface area contributed by atoms with Crippen molar-refractivity contribution < 1.29 is 22.3 Å². The first-order valence-electron chi connectivity index (χ1n) is 5.58. The Morgan fingerprint density at radius 1 is 1.38 bits per heavy atom. The van der Waals surface area contributed by atoms with Crippen LogP contribution in [0.25, 0.3) is 0 Å². The average Bonchev–Trinajstić information content (AvgIpc) is 2.84. The van der Waals surface area contributed by atoms with Gasteiger partial charge in [-0.05, 0) is 29.6 Å². The van der Waals surface area contributed by atoms with Gasteiger partial charge < -0.3 is 10.5 Å². The van der Waals surface area contributed by atoms with Gasteiger partial charge in [-0.1, -0.05) is 0 Å². The summed E-state index contributed by atoms with van der Waals surface area (Å²) in [4.78, 5) is 11.3. The lowest BCUT2D eigenvalue weighted by Gasteiger charge is -2.09. The van der Waals surface area contributed by atoms with Gasteiger partial charge >= 0.3 is 5.97 Å². The molecule has 0 fully saturated rings. The highest BCUT2D eigenvalue weighted by Gasteiger charge is 2.21. The quantitative estimate of drug-likeness (QED) is 0.660. The standard InChI is InChI=1S/C12H11FN2O4S2/c1-19-12(16)11-10(2-3-20-11)15-21(17,18)9-5-7(13)4-8(14)6-9/h2-6,15H,14H2,1H3. The maximum Gasteiger partial charge on any atom is 0.350 e. The Kier molecular flexibility index (Phi) is 4.14. The first-order chi connectivity index (χ1) is 9.83. The van der Waals surface area contributed by atoms with E-state index in [-0.39, 0.29) is 21.1 Å². The van der Waals surface area contributed by atoms with E-state index in [1.54, 1.807) is 0 Å². The molecule has 6 nitrogen and oxygen atoms in total. The van der Waals surface area contributed by atoms with Crippen LogP contribution in [0.3, 0.4) is 0 Å². The molecular formula is C12H11FN2O4S2. The number of nitrogens with two attached hydrogens (primary N) is 1. The molecular weight excluding hydrogens is 319 g/mol. The molecule has 0 radical (unpaired) electrons. The maximum absolute atomic E-state index is 13.3. The molecule has 112 valence electrons. The monoisotopic (exact) mass is 330 g/mol. The van der Waals surface area contributed by atoms with Gasteiger partial charge in [0.15, 0.2) is 0 Å². The summed E-state index contributed by atoms with van der Waals surface area (Å²) in [5, 5.41) is 1.53. The Morgan fingerprint density at radius 2 is 2.10 bits per heavy atom. The number of sulfonamides is 1. The fourth-order valence-electron chi connectivity index (χ4n) is 1.58. The number of carbonyl (C=O) groups is 1. The van der Waals surface area contributed by atoms with Crippen LogP contribution >= 0.6 is 11.3 Å². The van der Waals surface area contributed by atoms with Crippen LogP contribution in [0.5, 0.6) is 0 Å². The Labute approximate surface area is 124 Å². The van der Waals surface area contributed by atoms with Crippen molar-refractivity contribution in [1.29, 1.82) is 0 Å². The maximum atomic E-state index is 13.3. The molecule has 0 atom stereocenters. The Hall–Kier alpha value is -2.13. The summed E-state index contributed by atoms with van der Waals surface area (Å²) in [6, 6.07) is 4.37. The molecule has 0 unspecified atom stereocenters. The van der Waals surface area contributed by atoms with Crippen molar-refractivity contribution in [1.82, 2.24) is 0 Å². The third-order valence-corrected chi connectivity index (χ3v) is 4.72. The SMILES string of the molecule is COC(=O)c1sccc1NS(=O)(=O)c1cc(N)cc(F)c1. The second-order valence-electron chi connectivity index (χ2n) is 3.98. The lowest BCUT2D eigenvalue weighted by atomic mass is 10.3. The van der Waals surface area contributed by atoms with Crippen LogP contribution < -0.4 is 10.5 Å². The molecule has 1 aromatic heterocycles. The molecule has 0 saturated heterocycles. The molecule has 0 bridgehead atoms. The number of benzene rings is 1. The number of carbonyl (C=O) groups excluding carboxylic acids is 1. The number of anilines is 2. The molecule has 3 N–H and O–H groups in total. The topological polar surface area (TPSA) is 98.5 Å². The minimum Gasteiger partial charge on any atom is -0.465 e. The van der Waals surface area contributed by atoms with Crippen LogP contribution in [0.1, 0.15) is 9.67 Å². The molecule has 21 heavy (non-hydrogen) atoms. The van der Waals surface area contributed by atoms with Crippen molar-refractivity contribution in [2.75, 3.05) is 17.6 Å². The number of rotatable bonds is 4. The predicted molar refractivity (Wildman–Crippen MR) is 77.3 cm³/mol. The lowest BCUT2D eigenvalue weighted by molar-refractivity contribution is 0.0607. The van der Waals surface area contributed by atoms with Crippen LogP contribution in [0.2, 0.25) is 0 Å². The molecule has 0 aliphatic rings. The van der Waals surface area contributed by atoms with Crippen LogP contribution in [0.15, 0.2) is 34.5 Å². The number of thiophene rings is 1. The molecule has 0 amide bonds. The van der Waals surface area contributed by atoms with Crippen molar-refractivity contribution in [3.05, 3.63) is 40.3 Å². The molecule has 0 saturated carbocycles. The molecule has 1 aromatic carbocycles. The number of ether oxygens (including phenoxy) is 1. The number of methoxy groups -OCH3 is 1. The second-order valence-corrected chi connectivity index (χ2v) is 6.58. The molecule has 0 aliphatic heterocycles. The minimum atomic E-state index is -4.06. The fourth-order valence-corrected chi connectivity index (χ4v) is 3.55. The number of esters is 1. The fraction of sp³-hybridized carbons (Fsp3) is 0.0833. The summed E-state index contributed by atoms with van der Waals surface area (Å²) in [7, 11) is -2.88. The number of nitrogens with one attached hydrogen (secondary N) is 1. The average molecular weight is 330 g/mol. The summed E-state index contributed by atoms with van der Waals surface area (Å²) < 4.78 is 44.4. The zero-order valence-electron chi connectivity index (χ0n) is 10.8. The largest absolute Gasteiger partial charge is 0.465 e. The Morgan fingerprint density at radius 3 is 2.71 bits per heavy atom. The highest BCUT2D eigenvalue weighted by atomic mass is 32.2. The van der Waals surface area contributed by atoms with Gasteiger partial charge in [-0.15, -0.1) is 11.3 Å². The second kappa shape index (κ2) is 5.70. The first-order valence-corrected chi connectivity index (χ1v) is 7.94. The number of hydrogen-bond donors (Lipinski definition) is 2. The van der Waals surface area contributed by atoms with Gasteiger partial charge in [0.1, 0.15) is 10.7 Å². The van der Waals surface area contributed by atoms with Gasteiger partial charge in [0.2, 0.25) is 0 Å². The van der Waals surface area contributed by atoms with E-state index in [0.717, 1.165) is 29.5 Å².